The van der Waals surface area contributed by atoms with Crippen LogP contribution in [0.4, 0.5) is 4.79 Å². The van der Waals surface area contributed by atoms with Gasteiger partial charge in [-0.1, -0.05) is 36.4 Å². The highest BCUT2D eigenvalue weighted by atomic mass is 16.5. The van der Waals surface area contributed by atoms with Crippen molar-refractivity contribution < 1.29 is 23.8 Å². The maximum Gasteiger partial charge on any atom is 0.338 e. The summed E-state index contributed by atoms with van der Waals surface area (Å²) in [5, 5.41) is 14.2. The van der Waals surface area contributed by atoms with E-state index < -0.39 is 18.0 Å². The monoisotopic (exact) mass is 407 g/mol. The van der Waals surface area contributed by atoms with Crippen LogP contribution >= 0.6 is 0 Å². The molecule has 1 heterocycles. The first kappa shape index (κ1) is 20.7. The Labute approximate surface area is 174 Å². The molecule has 0 saturated carbocycles. The van der Waals surface area contributed by atoms with Crippen LogP contribution in [0.3, 0.4) is 0 Å². The fourth-order valence-corrected chi connectivity index (χ4v) is 3.17. The van der Waals surface area contributed by atoms with Gasteiger partial charge in [0.2, 0.25) is 0 Å². The third-order valence-electron chi connectivity index (χ3n) is 4.44. The highest BCUT2D eigenvalue weighted by Crippen LogP contribution is 2.36. The first-order valence-corrected chi connectivity index (χ1v) is 9.31. The first-order chi connectivity index (χ1) is 14.6. The van der Waals surface area contributed by atoms with Gasteiger partial charge in [-0.25, -0.2) is 9.59 Å². The van der Waals surface area contributed by atoms with E-state index in [1.807, 2.05) is 24.3 Å². The van der Waals surface area contributed by atoms with E-state index >= 15 is 0 Å². The summed E-state index contributed by atoms with van der Waals surface area (Å²) in [5.74, 6) is 0.214. The number of methoxy groups -OCH3 is 1. The van der Waals surface area contributed by atoms with E-state index in [0.717, 1.165) is 0 Å². The van der Waals surface area contributed by atoms with E-state index in [-0.39, 0.29) is 18.8 Å². The summed E-state index contributed by atoms with van der Waals surface area (Å²) in [6, 6.07) is 14.8. The van der Waals surface area contributed by atoms with Crippen LogP contribution in [-0.4, -0.2) is 32.3 Å². The van der Waals surface area contributed by atoms with Crippen molar-refractivity contribution in [2.24, 2.45) is 0 Å². The summed E-state index contributed by atoms with van der Waals surface area (Å²) in [4.78, 5) is 25.3. The zero-order valence-electron chi connectivity index (χ0n) is 16.6. The quantitative estimate of drug-likeness (QED) is 0.683. The van der Waals surface area contributed by atoms with Gasteiger partial charge in [0.15, 0.2) is 18.1 Å². The number of rotatable bonds is 7. The predicted molar refractivity (Wildman–Crippen MR) is 109 cm³/mol. The lowest BCUT2D eigenvalue weighted by atomic mass is 9.92. The molecule has 8 heteroatoms. The maximum absolute atomic E-state index is 12.9. The Morgan fingerprint density at radius 1 is 1.17 bits per heavy atom. The Bertz CT molecular complexity index is 1010. The lowest BCUT2D eigenvalue weighted by molar-refractivity contribution is -0.138. The third kappa shape index (κ3) is 4.36. The molecular formula is C22H21N3O5. The summed E-state index contributed by atoms with van der Waals surface area (Å²) >= 11 is 0. The Balaban J connectivity index is 2.12. The number of nitrogens with zero attached hydrogens (tertiary/aromatic N) is 1. The minimum atomic E-state index is -0.771. The summed E-state index contributed by atoms with van der Waals surface area (Å²) < 4.78 is 16.0. The topological polar surface area (TPSA) is 110 Å². The van der Waals surface area contributed by atoms with E-state index in [2.05, 4.69) is 10.6 Å². The van der Waals surface area contributed by atoms with Gasteiger partial charge in [-0.05, 0) is 30.2 Å². The van der Waals surface area contributed by atoms with Gasteiger partial charge in [-0.15, -0.1) is 0 Å². The number of hydrogen-bond acceptors (Lipinski definition) is 6. The number of ether oxygens (including phenoxy) is 3. The molecule has 0 aliphatic carbocycles. The van der Waals surface area contributed by atoms with Crippen LogP contribution in [0.1, 0.15) is 24.1 Å². The highest BCUT2D eigenvalue weighted by Gasteiger charge is 2.34. The lowest BCUT2D eigenvalue weighted by Gasteiger charge is -2.29. The molecule has 0 aromatic heterocycles. The van der Waals surface area contributed by atoms with Crippen molar-refractivity contribution in [3.05, 3.63) is 65.2 Å². The first-order valence-electron chi connectivity index (χ1n) is 9.31. The van der Waals surface area contributed by atoms with Crippen molar-refractivity contribution in [3.8, 4) is 17.6 Å². The average molecular weight is 407 g/mol. The second-order valence-electron chi connectivity index (χ2n) is 6.26. The molecule has 2 N–H and O–H groups in total. The van der Waals surface area contributed by atoms with E-state index in [0.29, 0.717) is 28.3 Å². The number of carbonyl (C=O) groups excluding carboxylic acids is 2. The summed E-state index contributed by atoms with van der Waals surface area (Å²) in [6.07, 6.45) is 0. The molecule has 0 unspecified atom stereocenters. The Hall–Kier alpha value is -3.99. The molecule has 1 atom stereocenters. The molecule has 2 aromatic rings. The van der Waals surface area contributed by atoms with Gasteiger partial charge in [0.05, 0.1) is 31.0 Å². The van der Waals surface area contributed by atoms with Crippen molar-refractivity contribution in [1.82, 2.24) is 10.6 Å². The molecule has 0 radical (unpaired) electrons. The Morgan fingerprint density at radius 2 is 1.93 bits per heavy atom. The lowest BCUT2D eigenvalue weighted by Crippen LogP contribution is -2.45. The van der Waals surface area contributed by atoms with E-state index in [1.165, 1.54) is 7.11 Å². The molecule has 2 aromatic carbocycles. The van der Waals surface area contributed by atoms with Crippen LogP contribution < -0.4 is 20.1 Å². The second kappa shape index (κ2) is 9.47. The Kier molecular flexibility index (Phi) is 6.55. The van der Waals surface area contributed by atoms with Gasteiger partial charge < -0.3 is 24.8 Å². The van der Waals surface area contributed by atoms with Gasteiger partial charge in [-0.2, -0.15) is 5.26 Å². The number of benzene rings is 2. The number of nitrogens with one attached hydrogen (secondary N) is 2. The van der Waals surface area contributed by atoms with E-state index in [1.54, 1.807) is 37.3 Å². The van der Waals surface area contributed by atoms with Gasteiger partial charge in [0.25, 0.3) is 0 Å². The van der Waals surface area contributed by atoms with Gasteiger partial charge in [-0.3, -0.25) is 0 Å². The van der Waals surface area contributed by atoms with Gasteiger partial charge >= 0.3 is 12.0 Å². The molecular weight excluding hydrogens is 386 g/mol. The molecule has 0 fully saturated rings. The standard InChI is InChI=1S/C22H21N3O5/c1-3-29-21(26)18-19(14-7-5-4-6-8-14)24-22(27)25-20(18)15-9-10-16(30-12-11-23)17(13-15)28-2/h4-10,13,20H,3,12H2,1-2H3,(H2,24,25,27)/t20-/m0/s1. The van der Waals surface area contributed by atoms with Crippen LogP contribution in [0.15, 0.2) is 54.1 Å². The molecule has 3 rings (SSSR count). The number of esters is 1. The van der Waals surface area contributed by atoms with Crippen LogP contribution in [0.2, 0.25) is 0 Å². The molecule has 0 bridgehead atoms. The normalized spacial score (nSPS) is 15.5. The fourth-order valence-electron chi connectivity index (χ4n) is 3.17. The maximum atomic E-state index is 12.9. The molecule has 1 aliphatic heterocycles. The largest absolute Gasteiger partial charge is 0.493 e. The minimum absolute atomic E-state index is 0.133. The van der Waals surface area contributed by atoms with Crippen molar-refractivity contribution in [2.45, 2.75) is 13.0 Å². The number of nitriles is 1. The van der Waals surface area contributed by atoms with Crippen molar-refractivity contribution >= 4 is 17.7 Å². The van der Waals surface area contributed by atoms with Gasteiger partial charge in [0, 0.05) is 0 Å². The van der Waals surface area contributed by atoms with E-state index in [9.17, 15) is 9.59 Å². The SMILES string of the molecule is CCOC(=O)C1=C(c2ccccc2)NC(=O)N[C@H]1c1ccc(OCC#N)c(OC)c1. The molecule has 0 spiro atoms. The number of carbonyl (C=O) groups is 2. The smallest absolute Gasteiger partial charge is 0.338 e. The van der Waals surface area contributed by atoms with Crippen LogP contribution in [0, 0.1) is 11.3 Å². The Morgan fingerprint density at radius 3 is 2.60 bits per heavy atom. The fraction of sp³-hybridized carbons (Fsp3) is 0.227. The van der Waals surface area contributed by atoms with Crippen LogP contribution in [0.25, 0.3) is 5.70 Å². The molecule has 2 amide bonds. The van der Waals surface area contributed by atoms with E-state index in [4.69, 9.17) is 19.5 Å². The van der Waals surface area contributed by atoms with Crippen LogP contribution in [-0.2, 0) is 9.53 Å². The molecule has 0 saturated heterocycles. The zero-order chi connectivity index (χ0) is 21.5. The summed E-state index contributed by atoms with van der Waals surface area (Å²) in [5.41, 5.74) is 1.94. The third-order valence-corrected chi connectivity index (χ3v) is 4.44. The molecule has 8 nitrogen and oxygen atoms in total. The van der Waals surface area contributed by atoms with Gasteiger partial charge in [0.1, 0.15) is 6.07 Å². The summed E-state index contributed by atoms with van der Waals surface area (Å²) in [7, 11) is 1.47. The minimum Gasteiger partial charge on any atom is -0.493 e. The molecule has 30 heavy (non-hydrogen) atoms. The van der Waals surface area contributed by atoms with Crippen molar-refractivity contribution in [3.63, 3.8) is 0 Å². The second-order valence-corrected chi connectivity index (χ2v) is 6.26. The number of amides is 2. The van der Waals surface area contributed by atoms with Crippen molar-refractivity contribution in [2.75, 3.05) is 20.3 Å². The molecule has 154 valence electrons. The number of urea groups is 1. The van der Waals surface area contributed by atoms with Crippen LogP contribution in [0.5, 0.6) is 11.5 Å². The average Bonchev–Trinajstić information content (AvgIpc) is 2.77. The molecule has 1 aliphatic rings. The zero-order valence-corrected chi connectivity index (χ0v) is 16.6. The van der Waals surface area contributed by atoms with Crippen molar-refractivity contribution in [1.29, 1.82) is 5.26 Å². The number of hydrogen-bond donors (Lipinski definition) is 2. The highest BCUT2D eigenvalue weighted by molar-refractivity contribution is 6.04. The predicted octanol–water partition coefficient (Wildman–Crippen LogP) is 2.93. The summed E-state index contributed by atoms with van der Waals surface area (Å²) in [6.45, 7) is 1.77.